The van der Waals surface area contributed by atoms with Crippen molar-refractivity contribution in [1.82, 2.24) is 10.6 Å². The topological polar surface area (TPSA) is 131 Å². The highest BCUT2D eigenvalue weighted by Crippen LogP contribution is 1.97. The highest BCUT2D eigenvalue weighted by molar-refractivity contribution is 5.83. The van der Waals surface area contributed by atoms with Crippen LogP contribution in [0.1, 0.15) is 33.1 Å². The summed E-state index contributed by atoms with van der Waals surface area (Å²) in [4.78, 5) is 33.0. The first-order valence-corrected chi connectivity index (χ1v) is 6.96. The van der Waals surface area contributed by atoms with Crippen molar-refractivity contribution in [3.05, 3.63) is 0 Å². The number of amides is 3. The molecule has 8 nitrogen and oxygen atoms in total. The van der Waals surface area contributed by atoms with Gasteiger partial charge in [0.2, 0.25) is 5.91 Å². The van der Waals surface area contributed by atoms with Crippen molar-refractivity contribution in [3.63, 3.8) is 0 Å². The number of carbonyl (C=O) groups is 3. The summed E-state index contributed by atoms with van der Waals surface area (Å²) >= 11 is 0. The summed E-state index contributed by atoms with van der Waals surface area (Å²) in [6, 6.07) is -1.72. The van der Waals surface area contributed by atoms with Crippen molar-refractivity contribution < 1.29 is 24.2 Å². The number of primary amides is 1. The third kappa shape index (κ3) is 11.7. The zero-order chi connectivity index (χ0) is 16.3. The number of hydrogen-bond acceptors (Lipinski definition) is 4. The minimum Gasteiger partial charge on any atom is -0.480 e. The van der Waals surface area contributed by atoms with Crippen LogP contribution in [0.5, 0.6) is 0 Å². The Hall–Kier alpha value is -1.83. The van der Waals surface area contributed by atoms with Gasteiger partial charge in [-0.1, -0.05) is 13.8 Å². The number of aliphatic carboxylic acids is 1. The third-order valence-electron chi connectivity index (χ3n) is 2.49. The van der Waals surface area contributed by atoms with Crippen molar-refractivity contribution >= 4 is 17.9 Å². The molecule has 0 aromatic heterocycles. The number of nitrogens with two attached hydrogens (primary N) is 1. The van der Waals surface area contributed by atoms with E-state index in [4.69, 9.17) is 15.6 Å². The van der Waals surface area contributed by atoms with Crippen LogP contribution in [0.2, 0.25) is 0 Å². The Morgan fingerprint density at radius 2 is 1.95 bits per heavy atom. The maximum absolute atomic E-state index is 11.5. The standard InChI is InChI=1S/C13H25N3O5/c1-9(2)8-21-7-3-6-15-13(20)16-10(12(18)19)4-5-11(14)17/h9-10H,3-8H2,1-2H3,(H2,14,17)(H,18,19)(H2,15,16,20)/t10-/m0/s1. The van der Waals surface area contributed by atoms with Gasteiger partial charge in [0.05, 0.1) is 0 Å². The fraction of sp³-hybridized carbons (Fsp3) is 0.769. The number of rotatable bonds is 11. The van der Waals surface area contributed by atoms with Crippen LogP contribution in [0.3, 0.4) is 0 Å². The van der Waals surface area contributed by atoms with Gasteiger partial charge in [-0.3, -0.25) is 4.79 Å². The number of carboxylic acid groups (broad SMARTS) is 1. The van der Waals surface area contributed by atoms with E-state index in [1.807, 2.05) is 13.8 Å². The molecule has 0 saturated heterocycles. The van der Waals surface area contributed by atoms with E-state index >= 15 is 0 Å². The number of carboxylic acids is 1. The van der Waals surface area contributed by atoms with Crippen LogP contribution in [-0.4, -0.2) is 48.8 Å². The Morgan fingerprint density at radius 1 is 1.29 bits per heavy atom. The van der Waals surface area contributed by atoms with Crippen LogP contribution in [0.4, 0.5) is 4.79 Å². The third-order valence-corrected chi connectivity index (χ3v) is 2.49. The van der Waals surface area contributed by atoms with Crippen LogP contribution in [0, 0.1) is 5.92 Å². The van der Waals surface area contributed by atoms with Gasteiger partial charge in [-0.05, 0) is 18.8 Å². The zero-order valence-electron chi connectivity index (χ0n) is 12.6. The van der Waals surface area contributed by atoms with E-state index < -0.39 is 23.9 Å². The molecule has 122 valence electrons. The van der Waals surface area contributed by atoms with Crippen molar-refractivity contribution in [3.8, 4) is 0 Å². The monoisotopic (exact) mass is 303 g/mol. The fourth-order valence-corrected chi connectivity index (χ4v) is 1.45. The molecule has 8 heteroatoms. The number of nitrogens with one attached hydrogen (secondary N) is 2. The van der Waals surface area contributed by atoms with Crippen LogP contribution in [0.15, 0.2) is 0 Å². The molecule has 0 rings (SSSR count). The second-order valence-electron chi connectivity index (χ2n) is 5.12. The van der Waals surface area contributed by atoms with Gasteiger partial charge in [-0.25, -0.2) is 9.59 Å². The van der Waals surface area contributed by atoms with Gasteiger partial charge in [0.1, 0.15) is 6.04 Å². The van der Waals surface area contributed by atoms with Gasteiger partial charge >= 0.3 is 12.0 Å². The maximum atomic E-state index is 11.5. The van der Waals surface area contributed by atoms with E-state index in [0.29, 0.717) is 32.1 Å². The Kier molecular flexibility index (Phi) is 9.95. The molecule has 5 N–H and O–H groups in total. The molecule has 0 heterocycles. The molecule has 0 bridgehead atoms. The molecule has 0 aromatic rings. The van der Waals surface area contributed by atoms with Crippen molar-refractivity contribution in [2.24, 2.45) is 11.7 Å². The van der Waals surface area contributed by atoms with Crippen molar-refractivity contribution in [2.75, 3.05) is 19.8 Å². The molecule has 0 saturated carbocycles. The van der Waals surface area contributed by atoms with Gasteiger partial charge in [-0.2, -0.15) is 0 Å². The predicted molar refractivity (Wildman–Crippen MR) is 76.7 cm³/mol. The van der Waals surface area contributed by atoms with E-state index in [1.54, 1.807) is 0 Å². The van der Waals surface area contributed by atoms with E-state index in [-0.39, 0.29) is 12.8 Å². The lowest BCUT2D eigenvalue weighted by Crippen LogP contribution is -2.46. The highest BCUT2D eigenvalue weighted by atomic mass is 16.5. The van der Waals surface area contributed by atoms with Crippen molar-refractivity contribution in [2.45, 2.75) is 39.2 Å². The number of urea groups is 1. The second kappa shape index (κ2) is 10.9. The molecule has 0 aromatic carbocycles. The smallest absolute Gasteiger partial charge is 0.326 e. The van der Waals surface area contributed by atoms with Gasteiger partial charge in [-0.15, -0.1) is 0 Å². The first-order chi connectivity index (χ1) is 9.82. The molecule has 0 aliphatic rings. The maximum Gasteiger partial charge on any atom is 0.326 e. The van der Waals surface area contributed by atoms with Gasteiger partial charge in [0.15, 0.2) is 0 Å². The van der Waals surface area contributed by atoms with Crippen LogP contribution < -0.4 is 16.4 Å². The molecule has 0 spiro atoms. The summed E-state index contributed by atoms with van der Waals surface area (Å²) in [7, 11) is 0. The Balaban J connectivity index is 3.83. The molecule has 0 aliphatic heterocycles. The second-order valence-corrected chi connectivity index (χ2v) is 5.12. The minimum atomic E-state index is -1.20. The average molecular weight is 303 g/mol. The summed E-state index contributed by atoms with van der Waals surface area (Å²) in [5.41, 5.74) is 4.95. The normalized spacial score (nSPS) is 12.0. The molecule has 1 atom stereocenters. The van der Waals surface area contributed by atoms with Gasteiger partial charge in [0.25, 0.3) is 0 Å². The summed E-state index contributed by atoms with van der Waals surface area (Å²) in [5, 5.41) is 13.7. The lowest BCUT2D eigenvalue weighted by molar-refractivity contribution is -0.139. The molecule has 21 heavy (non-hydrogen) atoms. The quantitative estimate of drug-likeness (QED) is 0.401. The van der Waals surface area contributed by atoms with E-state index in [9.17, 15) is 14.4 Å². The molecular formula is C13H25N3O5. The zero-order valence-corrected chi connectivity index (χ0v) is 12.6. The molecule has 3 amide bonds. The Labute approximate surface area is 124 Å². The summed E-state index contributed by atoms with van der Waals surface area (Å²) in [6.45, 7) is 5.67. The average Bonchev–Trinajstić information content (AvgIpc) is 2.37. The molecule has 0 aliphatic carbocycles. The molecule has 0 radical (unpaired) electrons. The first-order valence-electron chi connectivity index (χ1n) is 6.96. The number of hydrogen-bond donors (Lipinski definition) is 4. The van der Waals surface area contributed by atoms with Gasteiger partial charge in [0, 0.05) is 26.2 Å². The minimum absolute atomic E-state index is 0.0322. The summed E-state index contributed by atoms with van der Waals surface area (Å²) in [6.07, 6.45) is 0.509. The van der Waals surface area contributed by atoms with Gasteiger partial charge < -0.3 is 26.2 Å². The number of carbonyl (C=O) groups excluding carboxylic acids is 2. The van der Waals surface area contributed by atoms with E-state index in [2.05, 4.69) is 10.6 Å². The molecule has 0 fully saturated rings. The predicted octanol–water partition coefficient (Wildman–Crippen LogP) is 0.0670. The van der Waals surface area contributed by atoms with Crippen molar-refractivity contribution in [1.29, 1.82) is 0 Å². The van der Waals surface area contributed by atoms with E-state index in [1.165, 1.54) is 0 Å². The highest BCUT2D eigenvalue weighted by Gasteiger charge is 2.20. The Morgan fingerprint density at radius 3 is 2.48 bits per heavy atom. The number of ether oxygens (including phenoxy) is 1. The fourth-order valence-electron chi connectivity index (χ4n) is 1.45. The lowest BCUT2D eigenvalue weighted by atomic mass is 10.1. The van der Waals surface area contributed by atoms with Crippen LogP contribution in [-0.2, 0) is 14.3 Å². The molecule has 0 unspecified atom stereocenters. The SMILES string of the molecule is CC(C)COCCCNC(=O)N[C@@H](CCC(N)=O)C(=O)O. The Bertz CT molecular complexity index is 347. The van der Waals surface area contributed by atoms with Crippen LogP contribution in [0.25, 0.3) is 0 Å². The van der Waals surface area contributed by atoms with Crippen LogP contribution >= 0.6 is 0 Å². The first kappa shape index (κ1) is 19.2. The summed E-state index contributed by atoms with van der Waals surface area (Å²) < 4.78 is 5.34. The summed E-state index contributed by atoms with van der Waals surface area (Å²) in [5.74, 6) is -1.35. The lowest BCUT2D eigenvalue weighted by Gasteiger charge is -2.14. The molecular weight excluding hydrogens is 278 g/mol. The largest absolute Gasteiger partial charge is 0.480 e. The van der Waals surface area contributed by atoms with E-state index in [0.717, 1.165) is 0 Å².